The lowest BCUT2D eigenvalue weighted by molar-refractivity contribution is -0.133. The smallest absolute Gasteiger partial charge is 0.408 e. The number of rotatable bonds is 8. The molecular weight excluding hydrogens is 272 g/mol. The Balaban J connectivity index is 2.09. The molecule has 0 saturated heterocycles. The lowest BCUT2D eigenvalue weighted by atomic mass is 10.1. The highest BCUT2D eigenvalue weighted by molar-refractivity contribution is 5.67. The van der Waals surface area contributed by atoms with E-state index in [1.165, 1.54) is 0 Å². The summed E-state index contributed by atoms with van der Waals surface area (Å²) in [5.41, 5.74) is 5.50. The van der Waals surface area contributed by atoms with Crippen molar-refractivity contribution >= 4 is 12.6 Å². The van der Waals surface area contributed by atoms with Crippen molar-refractivity contribution in [3.05, 3.63) is 0 Å². The maximum Gasteiger partial charge on any atom is 0.408 e. The summed E-state index contributed by atoms with van der Waals surface area (Å²) >= 11 is 0. The summed E-state index contributed by atoms with van der Waals surface area (Å²) in [4.78, 5) is 21.7. The molecule has 1 unspecified atom stereocenters. The van der Waals surface area contributed by atoms with Gasteiger partial charge in [0.05, 0.1) is 0 Å². The second-order valence-electron chi connectivity index (χ2n) is 5.01. The van der Waals surface area contributed by atoms with Crippen molar-refractivity contribution in [3.8, 4) is 11.8 Å². The van der Waals surface area contributed by atoms with Crippen LogP contribution in [0, 0.1) is 11.8 Å². The van der Waals surface area contributed by atoms with Gasteiger partial charge in [0.2, 0.25) is 0 Å². The van der Waals surface area contributed by atoms with Crippen LogP contribution in [0.15, 0.2) is 0 Å². The van der Waals surface area contributed by atoms with Crippen LogP contribution in [0.1, 0.15) is 51.4 Å². The first kappa shape index (κ1) is 17.3. The zero-order valence-electron chi connectivity index (χ0n) is 12.3. The molecule has 0 aromatic carbocycles. The fourth-order valence-electron chi connectivity index (χ4n) is 2.04. The summed E-state index contributed by atoms with van der Waals surface area (Å²) < 4.78 is 9.84. The van der Waals surface area contributed by atoms with Crippen LogP contribution < -0.4 is 11.1 Å². The third kappa shape index (κ3) is 8.92. The molecule has 0 spiro atoms. The van der Waals surface area contributed by atoms with Gasteiger partial charge in [-0.2, -0.15) is 0 Å². The molecule has 2 atom stereocenters. The van der Waals surface area contributed by atoms with E-state index < -0.39 is 12.3 Å². The van der Waals surface area contributed by atoms with Gasteiger partial charge in [-0.1, -0.05) is 18.3 Å². The van der Waals surface area contributed by atoms with Crippen molar-refractivity contribution in [2.75, 3.05) is 6.54 Å². The van der Waals surface area contributed by atoms with Crippen molar-refractivity contribution in [1.82, 2.24) is 5.32 Å². The SMILES string of the molecule is N[C@@H](CCCCNC(=O)OC1C#CCCCCC1)OC=O. The van der Waals surface area contributed by atoms with Gasteiger partial charge in [-0.05, 0) is 38.5 Å². The zero-order valence-corrected chi connectivity index (χ0v) is 12.3. The van der Waals surface area contributed by atoms with Gasteiger partial charge in [-0.15, -0.1) is 0 Å². The number of carbonyl (C=O) groups is 2. The van der Waals surface area contributed by atoms with Crippen LogP contribution in [-0.4, -0.2) is 31.4 Å². The van der Waals surface area contributed by atoms with E-state index in [1.807, 2.05) is 0 Å². The third-order valence-electron chi connectivity index (χ3n) is 3.20. The Morgan fingerprint density at radius 1 is 1.38 bits per heavy atom. The first-order valence-corrected chi connectivity index (χ1v) is 7.50. The maximum absolute atomic E-state index is 11.6. The van der Waals surface area contributed by atoms with Crippen molar-refractivity contribution in [2.24, 2.45) is 5.73 Å². The molecule has 1 amide bonds. The van der Waals surface area contributed by atoms with Crippen LogP contribution in [0.3, 0.4) is 0 Å². The molecule has 0 heterocycles. The number of hydrogen-bond donors (Lipinski definition) is 2. The summed E-state index contributed by atoms with van der Waals surface area (Å²) in [7, 11) is 0. The molecule has 118 valence electrons. The van der Waals surface area contributed by atoms with Gasteiger partial charge >= 0.3 is 6.09 Å². The molecule has 0 saturated carbocycles. The van der Waals surface area contributed by atoms with Crippen molar-refractivity contribution in [2.45, 2.75) is 63.7 Å². The number of amides is 1. The normalized spacial score (nSPS) is 19.2. The molecule has 21 heavy (non-hydrogen) atoms. The van der Waals surface area contributed by atoms with Gasteiger partial charge in [-0.25, -0.2) is 4.79 Å². The quantitative estimate of drug-likeness (QED) is 0.308. The number of hydrogen-bond acceptors (Lipinski definition) is 5. The average molecular weight is 296 g/mol. The summed E-state index contributed by atoms with van der Waals surface area (Å²) in [5, 5.41) is 2.69. The average Bonchev–Trinajstić information content (AvgIpc) is 2.41. The Labute approximate surface area is 125 Å². The Kier molecular flexibility index (Phi) is 9.05. The second-order valence-corrected chi connectivity index (χ2v) is 5.01. The standard InChI is InChI=1S/C15H24N2O4/c16-14(20-12-18)10-6-7-11-17-15(19)21-13-8-4-2-1-3-5-9-13/h12-14H,1-4,6-8,10-11,16H2,(H,17,19)/t13?,14-/m1/s1. The molecular formula is C15H24N2O4. The fourth-order valence-corrected chi connectivity index (χ4v) is 2.04. The molecule has 0 fully saturated rings. The highest BCUT2D eigenvalue weighted by Gasteiger charge is 2.12. The van der Waals surface area contributed by atoms with Gasteiger partial charge < -0.3 is 14.8 Å². The highest BCUT2D eigenvalue weighted by Crippen LogP contribution is 2.10. The molecule has 1 aliphatic rings. The molecule has 1 rings (SSSR count). The molecule has 6 nitrogen and oxygen atoms in total. The van der Waals surface area contributed by atoms with Crippen LogP contribution in [0.25, 0.3) is 0 Å². The Morgan fingerprint density at radius 3 is 3.05 bits per heavy atom. The van der Waals surface area contributed by atoms with E-state index >= 15 is 0 Å². The van der Waals surface area contributed by atoms with Crippen molar-refractivity contribution in [1.29, 1.82) is 0 Å². The molecule has 0 aromatic heterocycles. The first-order chi connectivity index (χ1) is 10.2. The number of unbranched alkanes of at least 4 members (excludes halogenated alkanes) is 1. The van der Waals surface area contributed by atoms with E-state index in [2.05, 4.69) is 21.9 Å². The Bertz CT molecular complexity index is 376. The van der Waals surface area contributed by atoms with E-state index in [1.54, 1.807) is 0 Å². The van der Waals surface area contributed by atoms with Crippen LogP contribution >= 0.6 is 0 Å². The Morgan fingerprint density at radius 2 is 2.24 bits per heavy atom. The van der Waals surface area contributed by atoms with E-state index in [-0.39, 0.29) is 6.10 Å². The number of alkyl carbamates (subject to hydrolysis) is 1. The largest absolute Gasteiger partial charge is 0.449 e. The topological polar surface area (TPSA) is 90.7 Å². The predicted octanol–water partition coefficient (Wildman–Crippen LogP) is 1.68. The second kappa shape index (κ2) is 11.0. The van der Waals surface area contributed by atoms with Crippen LogP contribution in [0.2, 0.25) is 0 Å². The van der Waals surface area contributed by atoms with E-state index in [9.17, 15) is 9.59 Å². The van der Waals surface area contributed by atoms with Gasteiger partial charge in [-0.3, -0.25) is 10.5 Å². The van der Waals surface area contributed by atoms with Crippen molar-refractivity contribution < 1.29 is 19.1 Å². The predicted molar refractivity (Wildman–Crippen MR) is 78.1 cm³/mol. The number of nitrogens with one attached hydrogen (secondary N) is 1. The number of nitrogens with two attached hydrogens (primary N) is 1. The summed E-state index contributed by atoms with van der Waals surface area (Å²) in [6.07, 6.45) is 5.79. The lowest BCUT2D eigenvalue weighted by Crippen LogP contribution is -2.30. The minimum Gasteiger partial charge on any atom is -0.449 e. The van der Waals surface area contributed by atoms with E-state index in [0.29, 0.717) is 19.4 Å². The highest BCUT2D eigenvalue weighted by atomic mass is 16.6. The van der Waals surface area contributed by atoms with Gasteiger partial charge in [0.25, 0.3) is 6.47 Å². The van der Waals surface area contributed by atoms with Gasteiger partial charge in [0.1, 0.15) is 0 Å². The molecule has 0 bridgehead atoms. The monoisotopic (exact) mass is 296 g/mol. The molecule has 0 aliphatic heterocycles. The maximum atomic E-state index is 11.6. The first-order valence-electron chi connectivity index (χ1n) is 7.50. The summed E-state index contributed by atoms with van der Waals surface area (Å²) in [6.45, 7) is 0.850. The molecule has 6 heteroatoms. The number of carbonyl (C=O) groups excluding carboxylic acids is 2. The molecule has 1 aliphatic carbocycles. The minimum atomic E-state index is -0.570. The number of ether oxygens (including phenoxy) is 2. The molecule has 0 radical (unpaired) electrons. The summed E-state index contributed by atoms with van der Waals surface area (Å²) in [5.74, 6) is 6.02. The summed E-state index contributed by atoms with van der Waals surface area (Å²) in [6, 6.07) is 0. The third-order valence-corrected chi connectivity index (χ3v) is 3.20. The molecule has 0 aromatic rings. The van der Waals surface area contributed by atoms with Gasteiger partial charge in [0, 0.05) is 13.0 Å². The van der Waals surface area contributed by atoms with Crippen LogP contribution in [0.4, 0.5) is 4.79 Å². The van der Waals surface area contributed by atoms with Crippen LogP contribution in [-0.2, 0) is 14.3 Å². The Hall–Kier alpha value is -1.74. The van der Waals surface area contributed by atoms with E-state index in [4.69, 9.17) is 10.5 Å². The zero-order chi connectivity index (χ0) is 15.3. The lowest BCUT2D eigenvalue weighted by Gasteiger charge is -2.14. The van der Waals surface area contributed by atoms with E-state index in [0.717, 1.165) is 44.9 Å². The van der Waals surface area contributed by atoms with Crippen LogP contribution in [0.5, 0.6) is 0 Å². The fraction of sp³-hybridized carbons (Fsp3) is 0.733. The molecule has 3 N–H and O–H groups in total. The minimum absolute atomic E-state index is 0.292. The van der Waals surface area contributed by atoms with Gasteiger partial charge in [0.15, 0.2) is 12.3 Å². The van der Waals surface area contributed by atoms with Crippen molar-refractivity contribution in [3.63, 3.8) is 0 Å².